The average Bonchev–Trinajstić information content (AvgIpc) is 2.86. The van der Waals surface area contributed by atoms with Crippen LogP contribution in [0.15, 0.2) is 60.7 Å². The second-order valence-electron chi connectivity index (χ2n) is 9.65. The van der Waals surface area contributed by atoms with Gasteiger partial charge in [0.2, 0.25) is 0 Å². The van der Waals surface area contributed by atoms with Gasteiger partial charge in [-0.15, -0.1) is 0 Å². The molecule has 1 unspecified atom stereocenters. The molecule has 0 radical (unpaired) electrons. The van der Waals surface area contributed by atoms with Crippen LogP contribution < -0.4 is 5.32 Å². The lowest BCUT2D eigenvalue weighted by Gasteiger charge is -2.42. The first-order chi connectivity index (χ1) is 17.6. The first-order valence-corrected chi connectivity index (χ1v) is 12.4. The molecular formula is C29H32F4N4. The molecule has 4 nitrogen and oxygen atoms in total. The maximum absolute atomic E-state index is 13.3. The van der Waals surface area contributed by atoms with Crippen LogP contribution in [0.1, 0.15) is 40.3 Å². The Morgan fingerprint density at radius 3 is 2.41 bits per heavy atom. The molecule has 3 aromatic rings. The van der Waals surface area contributed by atoms with E-state index in [4.69, 9.17) is 5.41 Å². The SMILES string of the molecule is Cc1ccccc1CN1CCN(CCC(F)(F)F)C(c2cc(C=N)c(Nc3ccc(F)cc3)cc2C)C1. The first-order valence-electron chi connectivity index (χ1n) is 12.4. The lowest BCUT2D eigenvalue weighted by Crippen LogP contribution is -2.49. The number of nitrogens with one attached hydrogen (secondary N) is 2. The van der Waals surface area contributed by atoms with E-state index in [9.17, 15) is 17.6 Å². The van der Waals surface area contributed by atoms with Crippen molar-refractivity contribution in [3.63, 3.8) is 0 Å². The number of piperazine rings is 1. The highest BCUT2D eigenvalue weighted by molar-refractivity contribution is 5.88. The van der Waals surface area contributed by atoms with Crippen LogP contribution in [0.4, 0.5) is 28.9 Å². The number of hydrogen-bond acceptors (Lipinski definition) is 4. The molecule has 0 saturated carbocycles. The molecule has 0 aromatic heterocycles. The van der Waals surface area contributed by atoms with Crippen LogP contribution in [0.5, 0.6) is 0 Å². The number of nitrogens with zero attached hydrogens (tertiary/aromatic N) is 2. The number of rotatable bonds is 8. The van der Waals surface area contributed by atoms with Gasteiger partial charge in [0, 0.05) is 61.9 Å². The number of hydrogen-bond donors (Lipinski definition) is 2. The Hall–Kier alpha value is -3.23. The molecule has 2 N–H and O–H groups in total. The second-order valence-corrected chi connectivity index (χ2v) is 9.65. The Balaban J connectivity index is 1.63. The summed E-state index contributed by atoms with van der Waals surface area (Å²) in [6.07, 6.45) is -3.84. The van der Waals surface area contributed by atoms with Crippen LogP contribution in [0.2, 0.25) is 0 Å². The first kappa shape index (κ1) is 26.8. The van der Waals surface area contributed by atoms with Gasteiger partial charge in [-0.1, -0.05) is 24.3 Å². The van der Waals surface area contributed by atoms with Crippen molar-refractivity contribution >= 4 is 17.6 Å². The van der Waals surface area contributed by atoms with Gasteiger partial charge in [-0.3, -0.25) is 9.80 Å². The number of benzene rings is 3. The van der Waals surface area contributed by atoms with Gasteiger partial charge in [0.1, 0.15) is 5.82 Å². The maximum Gasteiger partial charge on any atom is 0.390 e. The monoisotopic (exact) mass is 512 g/mol. The highest BCUT2D eigenvalue weighted by Gasteiger charge is 2.34. The molecule has 0 spiro atoms. The van der Waals surface area contributed by atoms with Crippen LogP contribution >= 0.6 is 0 Å². The number of anilines is 2. The molecule has 1 saturated heterocycles. The number of aryl methyl sites for hydroxylation is 2. The van der Waals surface area contributed by atoms with Gasteiger partial charge in [-0.2, -0.15) is 13.2 Å². The molecule has 1 aliphatic rings. The Morgan fingerprint density at radius 1 is 1.00 bits per heavy atom. The summed E-state index contributed by atoms with van der Waals surface area (Å²) in [5.41, 5.74) is 6.24. The minimum Gasteiger partial charge on any atom is -0.355 e. The fraction of sp³-hybridized carbons (Fsp3) is 0.345. The topological polar surface area (TPSA) is 42.4 Å². The minimum atomic E-state index is -4.22. The summed E-state index contributed by atoms with van der Waals surface area (Å²) in [5.74, 6) is -0.337. The van der Waals surface area contributed by atoms with E-state index in [0.717, 1.165) is 17.7 Å². The van der Waals surface area contributed by atoms with Gasteiger partial charge in [0.15, 0.2) is 0 Å². The van der Waals surface area contributed by atoms with Crippen LogP contribution in [0.3, 0.4) is 0 Å². The summed E-state index contributed by atoms with van der Waals surface area (Å²) in [7, 11) is 0. The van der Waals surface area contributed by atoms with E-state index in [0.29, 0.717) is 36.6 Å². The largest absolute Gasteiger partial charge is 0.390 e. The molecule has 0 aliphatic carbocycles. The Bertz CT molecular complexity index is 1220. The fourth-order valence-electron chi connectivity index (χ4n) is 4.90. The average molecular weight is 513 g/mol. The van der Waals surface area contributed by atoms with Gasteiger partial charge in [0.25, 0.3) is 0 Å². The molecule has 1 heterocycles. The maximum atomic E-state index is 13.3. The van der Waals surface area contributed by atoms with Crippen molar-refractivity contribution < 1.29 is 17.6 Å². The van der Waals surface area contributed by atoms with Crippen molar-refractivity contribution in [2.45, 2.75) is 39.0 Å². The molecule has 1 aliphatic heterocycles. The predicted molar refractivity (Wildman–Crippen MR) is 140 cm³/mol. The normalized spacial score (nSPS) is 17.1. The van der Waals surface area contributed by atoms with Crippen molar-refractivity contribution in [2.75, 3.05) is 31.5 Å². The molecule has 0 bridgehead atoms. The lowest BCUT2D eigenvalue weighted by atomic mass is 9.94. The lowest BCUT2D eigenvalue weighted by molar-refractivity contribution is -0.140. The molecule has 0 amide bonds. The zero-order chi connectivity index (χ0) is 26.6. The van der Waals surface area contributed by atoms with Crippen LogP contribution in [-0.4, -0.2) is 48.4 Å². The third kappa shape index (κ3) is 6.96. The molecule has 3 aromatic carbocycles. The van der Waals surface area contributed by atoms with E-state index in [2.05, 4.69) is 29.3 Å². The Labute approximate surface area is 215 Å². The van der Waals surface area contributed by atoms with Gasteiger partial charge >= 0.3 is 6.18 Å². The van der Waals surface area contributed by atoms with E-state index < -0.39 is 12.6 Å². The molecule has 1 atom stereocenters. The van der Waals surface area contributed by atoms with Crippen LogP contribution in [0, 0.1) is 25.1 Å². The predicted octanol–water partition coefficient (Wildman–Crippen LogP) is 7.00. The van der Waals surface area contributed by atoms with Crippen molar-refractivity contribution in [2.24, 2.45) is 0 Å². The van der Waals surface area contributed by atoms with E-state index in [1.165, 1.54) is 29.5 Å². The van der Waals surface area contributed by atoms with Crippen molar-refractivity contribution in [1.82, 2.24) is 9.80 Å². The molecule has 37 heavy (non-hydrogen) atoms. The van der Waals surface area contributed by atoms with Gasteiger partial charge in [0.05, 0.1) is 6.42 Å². The summed E-state index contributed by atoms with van der Waals surface area (Å²) in [4.78, 5) is 4.22. The standard InChI is InChI=1S/C29H32F4N4/c1-20-5-3-4-6-22(20)18-36-13-14-37(12-11-29(31,32)33)28(19-36)26-16-23(17-34)27(15-21(26)2)35-25-9-7-24(30)8-10-25/h3-10,15-17,28,34-35H,11-14,18-19H2,1-2H3. The fourth-order valence-corrected chi connectivity index (χ4v) is 4.90. The molecular weight excluding hydrogens is 480 g/mol. The van der Waals surface area contributed by atoms with Gasteiger partial charge in [-0.05, 0) is 72.5 Å². The molecule has 4 rings (SSSR count). The van der Waals surface area contributed by atoms with Crippen molar-refractivity contribution in [1.29, 1.82) is 5.41 Å². The third-order valence-corrected chi connectivity index (χ3v) is 6.99. The Kier molecular flexibility index (Phi) is 8.29. The van der Waals surface area contributed by atoms with E-state index >= 15 is 0 Å². The summed E-state index contributed by atoms with van der Waals surface area (Å²) in [6.45, 7) is 6.49. The quantitative estimate of drug-likeness (QED) is 0.252. The second kappa shape index (κ2) is 11.4. The summed E-state index contributed by atoms with van der Waals surface area (Å²) in [6, 6.07) is 17.7. The molecule has 8 heteroatoms. The molecule has 196 valence electrons. The van der Waals surface area contributed by atoms with E-state index in [1.807, 2.05) is 36.1 Å². The molecule has 1 fully saturated rings. The van der Waals surface area contributed by atoms with Gasteiger partial charge < -0.3 is 10.7 Å². The summed E-state index contributed by atoms with van der Waals surface area (Å²) < 4.78 is 52.7. The van der Waals surface area contributed by atoms with Crippen molar-refractivity contribution in [3.05, 3.63) is 94.3 Å². The number of alkyl halides is 3. The highest BCUT2D eigenvalue weighted by Crippen LogP contribution is 2.34. The zero-order valence-corrected chi connectivity index (χ0v) is 21.1. The third-order valence-electron chi connectivity index (χ3n) is 6.99. The van der Waals surface area contributed by atoms with Gasteiger partial charge in [-0.25, -0.2) is 4.39 Å². The Morgan fingerprint density at radius 2 is 1.73 bits per heavy atom. The summed E-state index contributed by atoms with van der Waals surface area (Å²) >= 11 is 0. The van der Waals surface area contributed by atoms with Crippen LogP contribution in [0.25, 0.3) is 0 Å². The van der Waals surface area contributed by atoms with E-state index in [1.54, 1.807) is 12.1 Å². The van der Waals surface area contributed by atoms with Crippen LogP contribution in [-0.2, 0) is 6.54 Å². The smallest absolute Gasteiger partial charge is 0.355 e. The van der Waals surface area contributed by atoms with Crippen molar-refractivity contribution in [3.8, 4) is 0 Å². The minimum absolute atomic E-state index is 0.0681. The van der Waals surface area contributed by atoms with E-state index in [-0.39, 0.29) is 18.4 Å². The number of halogens is 4. The zero-order valence-electron chi connectivity index (χ0n) is 21.1. The highest BCUT2D eigenvalue weighted by atomic mass is 19.4. The summed E-state index contributed by atoms with van der Waals surface area (Å²) in [5, 5.41) is 11.2.